The van der Waals surface area contributed by atoms with Crippen LogP contribution in [0.1, 0.15) is 53.4 Å². The minimum absolute atomic E-state index is 0.00397. The molecule has 1 amide bonds. The molecule has 0 aliphatic heterocycles. The first-order valence-electron chi connectivity index (χ1n) is 11.3. The first kappa shape index (κ1) is 24.5. The molecular weight excluding hydrogens is 430 g/mol. The van der Waals surface area contributed by atoms with Gasteiger partial charge in [-0.2, -0.15) is 4.98 Å². The molecule has 1 aromatic carbocycles. The largest absolute Gasteiger partial charge is 0.461 e. The van der Waals surface area contributed by atoms with Crippen LogP contribution in [0.15, 0.2) is 23.1 Å². The summed E-state index contributed by atoms with van der Waals surface area (Å²) in [6.07, 6.45) is 3.70. The van der Waals surface area contributed by atoms with E-state index >= 15 is 0 Å². The molecule has 1 aliphatic carbocycles. The van der Waals surface area contributed by atoms with Crippen LogP contribution in [0.4, 0.5) is 0 Å². The highest BCUT2D eigenvalue weighted by molar-refractivity contribution is 7.91. The number of imidazole rings is 1. The Hall–Kier alpha value is -2.13. The number of hydrogen-bond donors (Lipinski definition) is 1. The Bertz CT molecular complexity index is 1040. The summed E-state index contributed by atoms with van der Waals surface area (Å²) in [7, 11) is -1.48. The van der Waals surface area contributed by atoms with Crippen LogP contribution in [0.25, 0.3) is 11.0 Å². The van der Waals surface area contributed by atoms with Gasteiger partial charge in [0.05, 0.1) is 34.4 Å². The van der Waals surface area contributed by atoms with Crippen LogP contribution in [0, 0.1) is 5.92 Å². The molecule has 0 radical (unpaired) electrons. The van der Waals surface area contributed by atoms with E-state index in [0.717, 1.165) is 36.7 Å². The zero-order valence-electron chi connectivity index (χ0n) is 19.6. The van der Waals surface area contributed by atoms with Gasteiger partial charge in [0.15, 0.2) is 9.84 Å². The molecular formula is C23H35N3O5S. The van der Waals surface area contributed by atoms with Crippen molar-refractivity contribution in [1.82, 2.24) is 14.9 Å². The number of aryl methyl sites for hydroxylation is 1. The number of aromatic nitrogens is 2. The Morgan fingerprint density at radius 2 is 1.84 bits per heavy atom. The molecule has 1 atom stereocenters. The minimum atomic E-state index is -3.33. The third-order valence-corrected chi connectivity index (χ3v) is 7.73. The highest BCUT2D eigenvalue weighted by Crippen LogP contribution is 2.28. The molecule has 1 N–H and O–H groups in total. The van der Waals surface area contributed by atoms with Gasteiger partial charge in [-0.1, -0.05) is 13.8 Å². The van der Waals surface area contributed by atoms with Gasteiger partial charge in [0.25, 0.3) is 6.01 Å². The predicted octanol–water partition coefficient (Wildman–Crippen LogP) is 3.23. The number of hydrogen-bond acceptors (Lipinski definition) is 6. The molecule has 1 heterocycles. The molecule has 1 aromatic heterocycles. The Morgan fingerprint density at radius 3 is 2.47 bits per heavy atom. The van der Waals surface area contributed by atoms with Crippen LogP contribution in [-0.4, -0.2) is 54.5 Å². The number of fused-ring (bicyclic) bond motifs is 1. The highest BCUT2D eigenvalue weighted by Gasteiger charge is 2.25. The van der Waals surface area contributed by atoms with E-state index in [4.69, 9.17) is 9.47 Å². The van der Waals surface area contributed by atoms with E-state index in [-0.39, 0.29) is 35.8 Å². The highest BCUT2D eigenvalue weighted by atomic mass is 32.2. The van der Waals surface area contributed by atoms with Crippen molar-refractivity contribution in [3.05, 3.63) is 18.2 Å². The lowest BCUT2D eigenvalue weighted by Crippen LogP contribution is -2.37. The lowest BCUT2D eigenvalue weighted by molar-refractivity contribution is -0.120. The van der Waals surface area contributed by atoms with Crippen LogP contribution >= 0.6 is 0 Å². The van der Waals surface area contributed by atoms with Crippen LogP contribution in [-0.2, 0) is 26.4 Å². The summed E-state index contributed by atoms with van der Waals surface area (Å²) in [5, 5.41) is 2.83. The van der Waals surface area contributed by atoms with Gasteiger partial charge in [-0.25, -0.2) is 8.42 Å². The van der Waals surface area contributed by atoms with E-state index in [0.29, 0.717) is 17.5 Å². The topological polar surface area (TPSA) is 99.5 Å². The van der Waals surface area contributed by atoms with Gasteiger partial charge in [-0.15, -0.1) is 0 Å². The first-order chi connectivity index (χ1) is 15.0. The molecule has 9 heteroatoms. The number of nitrogens with zero attached hydrogens (tertiary/aromatic N) is 2. The second-order valence-electron chi connectivity index (χ2n) is 9.23. The average Bonchev–Trinajstić information content (AvgIpc) is 3.01. The van der Waals surface area contributed by atoms with Crippen molar-refractivity contribution in [2.24, 2.45) is 13.0 Å². The SMILES string of the molecule is CC(=O)N[C@@H](C)CO[C@H]1CC[C@H](Oc2nc3ccc(S(=O)(=O)CC(C)C)cc3n2C)CC1. The van der Waals surface area contributed by atoms with E-state index < -0.39 is 9.84 Å². The molecule has 0 spiro atoms. The maximum atomic E-state index is 12.6. The molecule has 0 unspecified atom stereocenters. The van der Waals surface area contributed by atoms with Crippen molar-refractivity contribution in [2.75, 3.05) is 12.4 Å². The van der Waals surface area contributed by atoms with Gasteiger partial charge < -0.3 is 14.8 Å². The number of benzene rings is 1. The third kappa shape index (κ3) is 6.22. The molecule has 0 saturated heterocycles. The van der Waals surface area contributed by atoms with Crippen molar-refractivity contribution in [3.8, 4) is 6.01 Å². The first-order valence-corrected chi connectivity index (χ1v) is 12.9. The Kier molecular flexibility index (Phi) is 7.82. The van der Waals surface area contributed by atoms with Crippen LogP contribution in [0.2, 0.25) is 0 Å². The lowest BCUT2D eigenvalue weighted by atomic mass is 9.95. The van der Waals surface area contributed by atoms with Crippen molar-refractivity contribution in [3.63, 3.8) is 0 Å². The quantitative estimate of drug-likeness (QED) is 0.610. The van der Waals surface area contributed by atoms with E-state index in [9.17, 15) is 13.2 Å². The normalized spacial score (nSPS) is 20.4. The summed E-state index contributed by atoms with van der Waals surface area (Å²) in [6.45, 7) is 7.74. The van der Waals surface area contributed by atoms with Gasteiger partial charge >= 0.3 is 0 Å². The van der Waals surface area contributed by atoms with Crippen molar-refractivity contribution < 1.29 is 22.7 Å². The monoisotopic (exact) mass is 465 g/mol. The Balaban J connectivity index is 1.60. The van der Waals surface area contributed by atoms with Crippen molar-refractivity contribution >= 4 is 26.8 Å². The van der Waals surface area contributed by atoms with Gasteiger partial charge in [-0.3, -0.25) is 9.36 Å². The van der Waals surface area contributed by atoms with E-state index in [1.54, 1.807) is 18.2 Å². The van der Waals surface area contributed by atoms with E-state index in [2.05, 4.69) is 10.3 Å². The van der Waals surface area contributed by atoms with E-state index in [1.165, 1.54) is 6.92 Å². The number of rotatable bonds is 9. The van der Waals surface area contributed by atoms with Crippen molar-refractivity contribution in [2.45, 2.75) is 76.5 Å². The summed E-state index contributed by atoms with van der Waals surface area (Å²) >= 11 is 0. The van der Waals surface area contributed by atoms with Gasteiger partial charge in [0, 0.05) is 20.0 Å². The Morgan fingerprint density at radius 1 is 1.19 bits per heavy atom. The summed E-state index contributed by atoms with van der Waals surface area (Å²) in [6, 6.07) is 5.56. The average molecular weight is 466 g/mol. The fourth-order valence-electron chi connectivity index (χ4n) is 4.12. The molecule has 8 nitrogen and oxygen atoms in total. The van der Waals surface area contributed by atoms with Gasteiger partial charge in [0.1, 0.15) is 6.10 Å². The van der Waals surface area contributed by atoms with Crippen LogP contribution in [0.5, 0.6) is 6.01 Å². The number of sulfone groups is 1. The maximum absolute atomic E-state index is 12.6. The number of carbonyl (C=O) groups excluding carboxylic acids is 1. The fourth-order valence-corrected chi connectivity index (χ4v) is 5.75. The number of nitrogens with one attached hydrogen (secondary N) is 1. The summed E-state index contributed by atoms with van der Waals surface area (Å²) < 4.78 is 39.2. The van der Waals surface area contributed by atoms with Crippen LogP contribution in [0.3, 0.4) is 0 Å². The minimum Gasteiger partial charge on any atom is -0.461 e. The fraction of sp³-hybridized carbons (Fsp3) is 0.652. The number of ether oxygens (including phenoxy) is 2. The molecule has 32 heavy (non-hydrogen) atoms. The zero-order valence-corrected chi connectivity index (χ0v) is 20.4. The molecule has 178 valence electrons. The molecule has 1 fully saturated rings. The maximum Gasteiger partial charge on any atom is 0.297 e. The molecule has 2 aromatic rings. The number of carbonyl (C=O) groups is 1. The predicted molar refractivity (Wildman–Crippen MR) is 124 cm³/mol. The van der Waals surface area contributed by atoms with E-state index in [1.807, 2.05) is 32.4 Å². The standard InChI is InChI=1S/C23H35N3O5S/c1-15(2)14-32(28,29)20-10-11-21-22(12-20)26(5)23(25-21)31-19-8-6-18(7-9-19)30-13-16(3)24-17(4)27/h10-12,15-16,18-19H,6-9,13-14H2,1-5H3,(H,24,27)/t16-,18-,19-/m0/s1. The summed E-state index contributed by atoms with van der Waals surface area (Å²) in [4.78, 5) is 16.0. The third-order valence-electron chi connectivity index (χ3n) is 5.65. The van der Waals surface area contributed by atoms with Crippen LogP contribution < -0.4 is 10.1 Å². The second kappa shape index (κ2) is 10.2. The molecule has 1 saturated carbocycles. The summed E-state index contributed by atoms with van der Waals surface area (Å²) in [5.41, 5.74) is 1.46. The molecule has 1 aliphatic rings. The smallest absolute Gasteiger partial charge is 0.297 e. The lowest BCUT2D eigenvalue weighted by Gasteiger charge is -2.29. The zero-order chi connectivity index (χ0) is 23.5. The van der Waals surface area contributed by atoms with Crippen molar-refractivity contribution in [1.29, 1.82) is 0 Å². The molecule has 3 rings (SSSR count). The van der Waals surface area contributed by atoms with Gasteiger partial charge in [0.2, 0.25) is 5.91 Å². The second-order valence-corrected chi connectivity index (χ2v) is 11.3. The summed E-state index contributed by atoms with van der Waals surface area (Å²) in [5.74, 6) is 0.133. The Labute approximate surface area is 190 Å². The number of amides is 1. The van der Waals surface area contributed by atoms with Gasteiger partial charge in [-0.05, 0) is 56.7 Å². The molecule has 0 bridgehead atoms.